The minimum absolute atomic E-state index is 0.0506. The summed E-state index contributed by atoms with van der Waals surface area (Å²) in [5, 5.41) is 3.11. The van der Waals surface area contributed by atoms with Gasteiger partial charge < -0.3 is 26.4 Å². The highest BCUT2D eigenvalue weighted by Gasteiger charge is 2.46. The number of halogens is 1. The first kappa shape index (κ1) is 21.9. The van der Waals surface area contributed by atoms with E-state index in [2.05, 4.69) is 37.8 Å². The fourth-order valence-corrected chi connectivity index (χ4v) is 4.92. The van der Waals surface area contributed by atoms with Crippen LogP contribution in [-0.2, 0) is 4.74 Å². The molecule has 9 heteroatoms. The average Bonchev–Trinajstić information content (AvgIpc) is 2.97. The zero-order chi connectivity index (χ0) is 21.4. The van der Waals surface area contributed by atoms with E-state index in [1.54, 1.807) is 6.07 Å². The van der Waals surface area contributed by atoms with E-state index in [0.29, 0.717) is 20.8 Å². The monoisotopic (exact) mass is 515 g/mol. The van der Waals surface area contributed by atoms with Crippen LogP contribution in [0.2, 0.25) is 0 Å². The number of hydrogen-bond donors (Lipinski definition) is 3. The van der Waals surface area contributed by atoms with Crippen molar-refractivity contribution in [2.45, 2.75) is 64.5 Å². The molecule has 8 nitrogen and oxygen atoms in total. The molecule has 1 saturated heterocycles. The van der Waals surface area contributed by atoms with E-state index in [1.165, 1.54) is 0 Å². The van der Waals surface area contributed by atoms with Gasteiger partial charge in [-0.25, -0.2) is 9.78 Å². The summed E-state index contributed by atoms with van der Waals surface area (Å²) in [5.41, 5.74) is 11.5. The zero-order valence-electron chi connectivity index (χ0n) is 17.3. The third kappa shape index (κ3) is 4.87. The highest BCUT2D eigenvalue weighted by atomic mass is 127. The molecule has 1 aliphatic heterocycles. The Bertz CT molecular complexity index is 800. The molecule has 1 aliphatic carbocycles. The van der Waals surface area contributed by atoms with Crippen LogP contribution < -0.4 is 21.7 Å². The lowest BCUT2D eigenvalue weighted by Crippen LogP contribution is -2.51. The van der Waals surface area contributed by atoms with Gasteiger partial charge in [0, 0.05) is 19.1 Å². The molecule has 2 aliphatic rings. The van der Waals surface area contributed by atoms with E-state index in [9.17, 15) is 9.59 Å². The van der Waals surface area contributed by atoms with Crippen molar-refractivity contribution >= 4 is 46.2 Å². The van der Waals surface area contributed by atoms with Gasteiger partial charge in [0.25, 0.3) is 5.91 Å². The number of anilines is 2. The quantitative estimate of drug-likeness (QED) is 0.532. The molecule has 1 aromatic rings. The Labute approximate surface area is 185 Å². The van der Waals surface area contributed by atoms with Crippen LogP contribution in [0.25, 0.3) is 0 Å². The summed E-state index contributed by atoms with van der Waals surface area (Å²) >= 11 is 2.05. The van der Waals surface area contributed by atoms with Crippen molar-refractivity contribution in [2.75, 3.05) is 23.7 Å². The van der Waals surface area contributed by atoms with Gasteiger partial charge in [-0.05, 0) is 80.5 Å². The highest BCUT2D eigenvalue weighted by molar-refractivity contribution is 14.1. The van der Waals surface area contributed by atoms with Crippen molar-refractivity contribution in [1.82, 2.24) is 10.3 Å². The number of carbonyl (C=O) groups is 2. The van der Waals surface area contributed by atoms with Crippen molar-refractivity contribution in [1.29, 1.82) is 0 Å². The third-order valence-corrected chi connectivity index (χ3v) is 6.77. The smallest absolute Gasteiger partial charge is 0.407 e. The third-order valence-electron chi connectivity index (χ3n) is 5.90. The molecule has 1 spiro atoms. The molecule has 0 aromatic carbocycles. The molecule has 1 saturated carbocycles. The average molecular weight is 515 g/mol. The Morgan fingerprint density at radius 3 is 2.55 bits per heavy atom. The van der Waals surface area contributed by atoms with Gasteiger partial charge in [0.2, 0.25) is 0 Å². The first-order valence-electron chi connectivity index (χ1n) is 10.0. The van der Waals surface area contributed by atoms with E-state index < -0.39 is 11.5 Å². The predicted octanol–water partition coefficient (Wildman–Crippen LogP) is 3.03. The molecule has 0 bridgehead atoms. The molecular formula is C20H30IN5O3. The van der Waals surface area contributed by atoms with Crippen molar-refractivity contribution in [3.8, 4) is 0 Å². The maximum atomic E-state index is 12.3. The molecule has 0 unspecified atom stereocenters. The van der Waals surface area contributed by atoms with E-state index >= 15 is 0 Å². The summed E-state index contributed by atoms with van der Waals surface area (Å²) in [6, 6.07) is 1.80. The second-order valence-corrected chi connectivity index (χ2v) is 10.2. The summed E-state index contributed by atoms with van der Waals surface area (Å²) in [6.45, 7) is 7.07. The van der Waals surface area contributed by atoms with Gasteiger partial charge in [0.15, 0.2) is 0 Å². The van der Waals surface area contributed by atoms with Gasteiger partial charge in [-0.3, -0.25) is 4.79 Å². The van der Waals surface area contributed by atoms with Crippen LogP contribution in [0.15, 0.2) is 6.07 Å². The van der Waals surface area contributed by atoms with Crippen LogP contribution in [0.1, 0.15) is 63.2 Å². The summed E-state index contributed by atoms with van der Waals surface area (Å²) in [7, 11) is 0. The van der Waals surface area contributed by atoms with E-state index in [4.69, 9.17) is 16.2 Å². The normalized spacial score (nSPS) is 21.2. The number of hydrogen-bond acceptors (Lipinski definition) is 6. The lowest BCUT2D eigenvalue weighted by Gasteiger charge is -2.44. The van der Waals surface area contributed by atoms with Crippen LogP contribution in [0.5, 0.6) is 0 Å². The van der Waals surface area contributed by atoms with Gasteiger partial charge in [-0.2, -0.15) is 0 Å². The number of nitrogen functional groups attached to an aromatic ring is 1. The topological polar surface area (TPSA) is 124 Å². The first-order chi connectivity index (χ1) is 13.5. The molecule has 2 amide bonds. The van der Waals surface area contributed by atoms with Crippen LogP contribution in [0, 0.1) is 8.99 Å². The van der Waals surface area contributed by atoms with Gasteiger partial charge >= 0.3 is 6.09 Å². The number of nitrogens with two attached hydrogens (primary N) is 2. The number of carbonyl (C=O) groups excluding carboxylic acids is 2. The molecule has 29 heavy (non-hydrogen) atoms. The number of amides is 2. The van der Waals surface area contributed by atoms with Crippen LogP contribution in [0.4, 0.5) is 16.4 Å². The second kappa shape index (κ2) is 8.16. The minimum Gasteiger partial charge on any atom is -0.444 e. The number of piperidine rings is 1. The number of nitrogens with one attached hydrogen (secondary N) is 1. The van der Waals surface area contributed by atoms with Crippen molar-refractivity contribution in [2.24, 2.45) is 11.1 Å². The minimum atomic E-state index is -0.513. The number of nitrogens with zero attached hydrogens (tertiary/aromatic N) is 2. The second-order valence-electron chi connectivity index (χ2n) is 9.03. The first-order valence-corrected chi connectivity index (χ1v) is 11.1. The maximum absolute atomic E-state index is 12.3. The molecule has 0 radical (unpaired) electrons. The van der Waals surface area contributed by atoms with Crippen LogP contribution in [0.3, 0.4) is 0 Å². The fraction of sp³-hybridized carbons (Fsp3) is 0.650. The summed E-state index contributed by atoms with van der Waals surface area (Å²) < 4.78 is 6.17. The Balaban J connectivity index is 1.72. The molecule has 5 N–H and O–H groups in total. The Kier molecular flexibility index (Phi) is 6.16. The lowest BCUT2D eigenvalue weighted by molar-refractivity contribution is 0.0442. The lowest BCUT2D eigenvalue weighted by atomic mass is 9.74. The Morgan fingerprint density at radius 2 is 1.97 bits per heavy atom. The van der Waals surface area contributed by atoms with Gasteiger partial charge in [0.05, 0.1) is 9.13 Å². The molecule has 2 fully saturated rings. The highest BCUT2D eigenvalue weighted by Crippen LogP contribution is 2.47. The fourth-order valence-electron chi connectivity index (χ4n) is 4.49. The summed E-state index contributed by atoms with van der Waals surface area (Å²) in [5.74, 6) is 0.451. The van der Waals surface area contributed by atoms with Gasteiger partial charge in [0.1, 0.15) is 17.2 Å². The summed E-state index contributed by atoms with van der Waals surface area (Å²) in [4.78, 5) is 30.7. The molecular weight excluding hydrogens is 485 g/mol. The molecule has 2 heterocycles. The zero-order valence-corrected chi connectivity index (χ0v) is 19.4. The number of rotatable bonds is 3. The standard InChI is InChI=1S/C20H30IN5O3/c1-19(2,3)29-18(28)24-14-5-4-6-20(14)7-9-26(10-8-20)17-12(16(23)27)11-13(21)15(22)25-17/h11,14H,4-10H2,1-3H3,(H2,22,25)(H2,23,27)(H,24,28)/t14-/m1/s1. The summed E-state index contributed by atoms with van der Waals surface area (Å²) in [6.07, 6.45) is 4.57. The number of pyridine rings is 1. The predicted molar refractivity (Wildman–Crippen MR) is 121 cm³/mol. The van der Waals surface area contributed by atoms with Crippen LogP contribution >= 0.6 is 22.6 Å². The molecule has 3 rings (SSSR count). The van der Waals surface area contributed by atoms with Crippen molar-refractivity contribution in [3.05, 3.63) is 15.2 Å². The number of ether oxygens (including phenoxy) is 1. The van der Waals surface area contributed by atoms with Crippen molar-refractivity contribution < 1.29 is 14.3 Å². The number of primary amides is 1. The van der Waals surface area contributed by atoms with Crippen LogP contribution in [-0.4, -0.2) is 41.7 Å². The van der Waals surface area contributed by atoms with E-state index in [-0.39, 0.29) is 17.6 Å². The largest absolute Gasteiger partial charge is 0.444 e. The van der Waals surface area contributed by atoms with Gasteiger partial charge in [-0.15, -0.1) is 0 Å². The van der Waals surface area contributed by atoms with E-state index in [1.807, 2.05) is 20.8 Å². The Morgan fingerprint density at radius 1 is 1.31 bits per heavy atom. The molecule has 160 valence electrons. The molecule has 1 aromatic heterocycles. The number of aromatic nitrogens is 1. The maximum Gasteiger partial charge on any atom is 0.407 e. The SMILES string of the molecule is CC(C)(C)OC(=O)N[C@@H]1CCCC12CCN(c1nc(N)c(I)cc1C(N)=O)CC2. The Hall–Kier alpha value is -1.78. The van der Waals surface area contributed by atoms with Crippen molar-refractivity contribution in [3.63, 3.8) is 0 Å². The number of alkyl carbamates (subject to hydrolysis) is 1. The van der Waals surface area contributed by atoms with E-state index in [0.717, 1.165) is 45.2 Å². The molecule has 1 atom stereocenters. The van der Waals surface area contributed by atoms with Gasteiger partial charge in [-0.1, -0.05) is 6.42 Å².